The van der Waals surface area contributed by atoms with E-state index in [1.807, 2.05) is 13.8 Å². The van der Waals surface area contributed by atoms with Gasteiger partial charge in [0.05, 0.1) is 37.0 Å². The first-order valence-electron chi connectivity index (χ1n) is 9.84. The van der Waals surface area contributed by atoms with Crippen molar-refractivity contribution in [3.63, 3.8) is 0 Å². The lowest BCUT2D eigenvalue weighted by Gasteiger charge is -2.16. The van der Waals surface area contributed by atoms with Crippen molar-refractivity contribution in [3.05, 3.63) is 44.9 Å². The van der Waals surface area contributed by atoms with Crippen LogP contribution in [0.3, 0.4) is 0 Å². The molecule has 3 rings (SSSR count). The molecule has 2 heterocycles. The fourth-order valence-electron chi connectivity index (χ4n) is 3.09. The largest absolute Gasteiger partial charge is 0.488 e. The normalized spacial score (nSPS) is 17.0. The third kappa shape index (κ3) is 5.69. The first-order chi connectivity index (χ1) is 13.5. The van der Waals surface area contributed by atoms with Gasteiger partial charge in [0, 0.05) is 23.4 Å². The van der Waals surface area contributed by atoms with Gasteiger partial charge in [0.2, 0.25) is 0 Å². The molecule has 152 valence electrons. The van der Waals surface area contributed by atoms with Crippen molar-refractivity contribution in [1.82, 2.24) is 15.6 Å². The zero-order valence-electron chi connectivity index (χ0n) is 17.2. The lowest BCUT2D eigenvalue weighted by atomic mass is 10.1. The van der Waals surface area contributed by atoms with Crippen molar-refractivity contribution >= 4 is 17.3 Å². The Morgan fingerprint density at radius 3 is 2.86 bits per heavy atom. The number of aryl methyl sites for hydroxylation is 3. The van der Waals surface area contributed by atoms with Crippen LogP contribution in [0.5, 0.6) is 5.75 Å². The highest BCUT2D eigenvalue weighted by atomic mass is 32.1. The summed E-state index contributed by atoms with van der Waals surface area (Å²) in [4.78, 5) is 10.5. The van der Waals surface area contributed by atoms with Gasteiger partial charge in [-0.1, -0.05) is 12.1 Å². The van der Waals surface area contributed by atoms with E-state index in [1.54, 1.807) is 11.3 Å². The van der Waals surface area contributed by atoms with Gasteiger partial charge in [-0.05, 0) is 39.3 Å². The monoisotopic (exact) mass is 402 g/mol. The number of thiazole rings is 1. The summed E-state index contributed by atoms with van der Waals surface area (Å²) in [6, 6.07) is 6.30. The summed E-state index contributed by atoms with van der Waals surface area (Å²) < 4.78 is 11.6. The van der Waals surface area contributed by atoms with Gasteiger partial charge in [-0.3, -0.25) is 0 Å². The maximum absolute atomic E-state index is 6.19. The molecule has 0 amide bonds. The van der Waals surface area contributed by atoms with Gasteiger partial charge < -0.3 is 20.1 Å². The van der Waals surface area contributed by atoms with Crippen LogP contribution in [0.1, 0.15) is 40.1 Å². The van der Waals surface area contributed by atoms with Gasteiger partial charge in [-0.25, -0.2) is 9.98 Å². The quantitative estimate of drug-likeness (QED) is 0.548. The van der Waals surface area contributed by atoms with E-state index in [4.69, 9.17) is 14.5 Å². The third-order valence-electron chi connectivity index (χ3n) is 4.57. The topological polar surface area (TPSA) is 67.8 Å². The fourth-order valence-corrected chi connectivity index (χ4v) is 3.97. The standard InChI is InChI=1S/C21H30N4O2S/c1-5-22-21(24-12-20-15(3)25-16(4)28-20)23-11-17-7-6-14(2)10-19(17)27-18-8-9-26-13-18/h6-7,10,18H,5,8-9,11-13H2,1-4H3,(H2,22,23,24). The molecule has 1 aromatic carbocycles. The molecule has 0 spiro atoms. The second kappa shape index (κ2) is 9.89. The predicted molar refractivity (Wildman–Crippen MR) is 114 cm³/mol. The number of guanidine groups is 1. The highest BCUT2D eigenvalue weighted by Gasteiger charge is 2.18. The Kier molecular flexibility index (Phi) is 7.28. The second-order valence-corrected chi connectivity index (χ2v) is 8.29. The maximum atomic E-state index is 6.19. The molecule has 1 fully saturated rings. The molecule has 2 aromatic rings. The number of benzene rings is 1. The SMILES string of the molecule is CCNC(=NCc1ccc(C)cc1OC1CCOC1)NCc1sc(C)nc1C. The molecule has 1 unspecified atom stereocenters. The lowest BCUT2D eigenvalue weighted by Crippen LogP contribution is -2.36. The Morgan fingerprint density at radius 1 is 1.32 bits per heavy atom. The van der Waals surface area contributed by atoms with Crippen LogP contribution in [0.15, 0.2) is 23.2 Å². The van der Waals surface area contributed by atoms with Gasteiger partial charge >= 0.3 is 0 Å². The number of aliphatic imine (C=N–C) groups is 1. The Labute approximate surface area is 171 Å². The third-order valence-corrected chi connectivity index (χ3v) is 5.64. The number of hydrogen-bond donors (Lipinski definition) is 2. The fraction of sp³-hybridized carbons (Fsp3) is 0.524. The lowest BCUT2D eigenvalue weighted by molar-refractivity contribution is 0.140. The Morgan fingerprint density at radius 2 is 2.18 bits per heavy atom. The molecule has 1 aliphatic rings. The highest BCUT2D eigenvalue weighted by Crippen LogP contribution is 2.24. The molecular formula is C21H30N4O2S. The molecular weight excluding hydrogens is 372 g/mol. The van der Waals surface area contributed by atoms with E-state index in [0.717, 1.165) is 54.1 Å². The van der Waals surface area contributed by atoms with Crippen LogP contribution in [-0.2, 0) is 17.8 Å². The van der Waals surface area contributed by atoms with Gasteiger partial charge in [0.25, 0.3) is 0 Å². The summed E-state index contributed by atoms with van der Waals surface area (Å²) in [5.41, 5.74) is 3.35. The Balaban J connectivity index is 1.68. The van der Waals surface area contributed by atoms with Crippen LogP contribution in [0, 0.1) is 20.8 Å². The van der Waals surface area contributed by atoms with Crippen LogP contribution in [0.25, 0.3) is 0 Å². The van der Waals surface area contributed by atoms with Gasteiger partial charge in [-0.2, -0.15) is 0 Å². The molecule has 6 nitrogen and oxygen atoms in total. The summed E-state index contributed by atoms with van der Waals surface area (Å²) in [6.45, 7) is 11.8. The van der Waals surface area contributed by atoms with E-state index in [-0.39, 0.29) is 6.10 Å². The van der Waals surface area contributed by atoms with Crippen molar-refractivity contribution in [2.24, 2.45) is 4.99 Å². The molecule has 0 saturated carbocycles. The molecule has 2 N–H and O–H groups in total. The van der Waals surface area contributed by atoms with E-state index in [1.165, 1.54) is 10.4 Å². The number of hydrogen-bond acceptors (Lipinski definition) is 5. The van der Waals surface area contributed by atoms with Crippen molar-refractivity contribution in [2.75, 3.05) is 19.8 Å². The highest BCUT2D eigenvalue weighted by molar-refractivity contribution is 7.11. The number of nitrogens with one attached hydrogen (secondary N) is 2. The summed E-state index contributed by atoms with van der Waals surface area (Å²) >= 11 is 1.72. The molecule has 28 heavy (non-hydrogen) atoms. The van der Waals surface area contributed by atoms with Crippen LogP contribution >= 0.6 is 11.3 Å². The van der Waals surface area contributed by atoms with E-state index >= 15 is 0 Å². The molecule has 0 aliphatic carbocycles. The first-order valence-corrected chi connectivity index (χ1v) is 10.7. The van der Waals surface area contributed by atoms with Crippen LogP contribution in [-0.4, -0.2) is 36.8 Å². The molecule has 0 bridgehead atoms. The van der Waals surface area contributed by atoms with Crippen molar-refractivity contribution in [2.45, 2.75) is 53.3 Å². The molecule has 7 heteroatoms. The molecule has 1 atom stereocenters. The van der Waals surface area contributed by atoms with Crippen molar-refractivity contribution in [3.8, 4) is 5.75 Å². The van der Waals surface area contributed by atoms with Gasteiger partial charge in [0.1, 0.15) is 11.9 Å². The molecule has 0 radical (unpaired) electrons. The number of nitrogens with zero attached hydrogens (tertiary/aromatic N) is 2. The van der Waals surface area contributed by atoms with Crippen LogP contribution in [0.2, 0.25) is 0 Å². The van der Waals surface area contributed by atoms with Gasteiger partial charge in [-0.15, -0.1) is 11.3 Å². The maximum Gasteiger partial charge on any atom is 0.191 e. The van der Waals surface area contributed by atoms with Crippen LogP contribution in [0.4, 0.5) is 0 Å². The molecule has 1 aliphatic heterocycles. The number of ether oxygens (including phenoxy) is 2. The second-order valence-electron chi connectivity index (χ2n) is 7.00. The van der Waals surface area contributed by atoms with E-state index < -0.39 is 0 Å². The summed E-state index contributed by atoms with van der Waals surface area (Å²) in [5, 5.41) is 7.82. The van der Waals surface area contributed by atoms with Gasteiger partial charge in [0.15, 0.2) is 5.96 Å². The van der Waals surface area contributed by atoms with E-state index in [0.29, 0.717) is 13.2 Å². The summed E-state index contributed by atoms with van der Waals surface area (Å²) in [5.74, 6) is 1.70. The smallest absolute Gasteiger partial charge is 0.191 e. The molecule has 1 saturated heterocycles. The average molecular weight is 403 g/mol. The summed E-state index contributed by atoms with van der Waals surface area (Å²) in [6.07, 6.45) is 1.07. The number of rotatable bonds is 7. The predicted octanol–water partition coefficient (Wildman–Crippen LogP) is 3.49. The Hall–Kier alpha value is -2.12. The van der Waals surface area contributed by atoms with E-state index in [2.05, 4.69) is 47.7 Å². The zero-order valence-corrected chi connectivity index (χ0v) is 18.0. The molecule has 1 aromatic heterocycles. The first kappa shape index (κ1) is 20.6. The minimum atomic E-state index is 0.133. The van der Waals surface area contributed by atoms with Crippen LogP contribution < -0.4 is 15.4 Å². The zero-order chi connectivity index (χ0) is 19.9. The minimum Gasteiger partial charge on any atom is -0.488 e. The van der Waals surface area contributed by atoms with Crippen molar-refractivity contribution in [1.29, 1.82) is 0 Å². The van der Waals surface area contributed by atoms with Crippen molar-refractivity contribution < 1.29 is 9.47 Å². The average Bonchev–Trinajstić information content (AvgIpc) is 3.28. The minimum absolute atomic E-state index is 0.133. The number of aromatic nitrogens is 1. The van der Waals surface area contributed by atoms with E-state index in [9.17, 15) is 0 Å². The Bertz CT molecular complexity index is 813. The summed E-state index contributed by atoms with van der Waals surface area (Å²) in [7, 11) is 0.